The molecule has 2 aromatic rings. The summed E-state index contributed by atoms with van der Waals surface area (Å²) in [4.78, 5) is 18.8. The average Bonchev–Trinajstić information content (AvgIpc) is 2.67. The molecule has 1 aliphatic rings. The van der Waals surface area contributed by atoms with Crippen molar-refractivity contribution in [3.05, 3.63) is 65.5 Å². The number of amides is 1. The third kappa shape index (κ3) is 5.68. The van der Waals surface area contributed by atoms with Crippen molar-refractivity contribution >= 4 is 5.91 Å². The fourth-order valence-corrected chi connectivity index (χ4v) is 3.33. The van der Waals surface area contributed by atoms with Crippen LogP contribution in [0.5, 0.6) is 0 Å². The van der Waals surface area contributed by atoms with Gasteiger partial charge in [0, 0.05) is 31.9 Å². The summed E-state index contributed by atoms with van der Waals surface area (Å²) in [5.41, 5.74) is 3.66. The molecule has 0 radical (unpaired) electrons. The summed E-state index contributed by atoms with van der Waals surface area (Å²) in [6.07, 6.45) is 8.75. The molecule has 1 N–H and O–H groups in total. The number of nitrogens with one attached hydrogen (secondary N) is 1. The lowest BCUT2D eigenvalue weighted by Crippen LogP contribution is -2.30. The number of hydrogen-bond acceptors (Lipinski definition) is 3. The predicted molar refractivity (Wildman–Crippen MR) is 100.0 cm³/mol. The number of pyridine rings is 1. The Kier molecular flexibility index (Phi) is 6.57. The summed E-state index contributed by atoms with van der Waals surface area (Å²) >= 11 is 0. The minimum atomic E-state index is 0.0941. The second-order valence-corrected chi connectivity index (χ2v) is 6.74. The molecule has 1 aromatic carbocycles. The van der Waals surface area contributed by atoms with Gasteiger partial charge in [0.25, 0.3) is 0 Å². The lowest BCUT2D eigenvalue weighted by atomic mass is 10.0. The van der Waals surface area contributed by atoms with Crippen LogP contribution in [0.25, 0.3) is 0 Å². The van der Waals surface area contributed by atoms with Crippen LogP contribution in [0.1, 0.15) is 42.4 Å². The minimum Gasteiger partial charge on any atom is -0.352 e. The number of aryl methyl sites for hydroxylation is 1. The highest BCUT2D eigenvalue weighted by Gasteiger charge is 2.12. The Hall–Kier alpha value is -2.20. The molecule has 3 rings (SSSR count). The fraction of sp³-hybridized carbons (Fsp3) is 0.429. The molecule has 132 valence electrons. The molecular formula is C21H27N3O. The molecule has 1 aliphatic heterocycles. The first-order valence-electron chi connectivity index (χ1n) is 9.26. The molecule has 25 heavy (non-hydrogen) atoms. The first-order chi connectivity index (χ1) is 12.3. The first-order valence-corrected chi connectivity index (χ1v) is 9.26. The highest BCUT2D eigenvalue weighted by molar-refractivity contribution is 5.76. The number of hydrogen-bond donors (Lipinski definition) is 1. The third-order valence-electron chi connectivity index (χ3n) is 4.80. The van der Waals surface area contributed by atoms with Crippen LogP contribution in [0.4, 0.5) is 0 Å². The van der Waals surface area contributed by atoms with Gasteiger partial charge >= 0.3 is 0 Å². The van der Waals surface area contributed by atoms with E-state index in [1.165, 1.54) is 43.5 Å². The van der Waals surface area contributed by atoms with E-state index in [0.29, 0.717) is 13.0 Å². The third-order valence-corrected chi connectivity index (χ3v) is 4.80. The van der Waals surface area contributed by atoms with Gasteiger partial charge in [0.2, 0.25) is 5.91 Å². The number of carbonyl (C=O) groups excluding carboxylic acids is 1. The van der Waals surface area contributed by atoms with Crippen molar-refractivity contribution in [2.75, 3.05) is 13.1 Å². The quantitative estimate of drug-likeness (QED) is 0.843. The normalized spacial score (nSPS) is 15.0. The van der Waals surface area contributed by atoms with E-state index in [0.717, 1.165) is 18.5 Å². The second kappa shape index (κ2) is 9.33. The Bertz CT molecular complexity index is 666. The van der Waals surface area contributed by atoms with E-state index in [9.17, 15) is 4.79 Å². The van der Waals surface area contributed by atoms with Crippen LogP contribution < -0.4 is 5.32 Å². The van der Waals surface area contributed by atoms with Gasteiger partial charge in [-0.05, 0) is 55.1 Å². The van der Waals surface area contributed by atoms with Crippen molar-refractivity contribution in [2.24, 2.45) is 0 Å². The molecule has 4 nitrogen and oxygen atoms in total. The molecule has 0 unspecified atom stereocenters. The Morgan fingerprint density at radius 1 is 1.04 bits per heavy atom. The van der Waals surface area contributed by atoms with Crippen molar-refractivity contribution in [1.29, 1.82) is 0 Å². The van der Waals surface area contributed by atoms with Crippen LogP contribution in [-0.4, -0.2) is 28.9 Å². The molecule has 0 saturated carbocycles. The van der Waals surface area contributed by atoms with Crippen molar-refractivity contribution < 1.29 is 4.79 Å². The zero-order valence-electron chi connectivity index (χ0n) is 14.8. The van der Waals surface area contributed by atoms with Crippen molar-refractivity contribution in [1.82, 2.24) is 15.2 Å². The van der Waals surface area contributed by atoms with E-state index in [-0.39, 0.29) is 5.91 Å². The number of benzene rings is 1. The van der Waals surface area contributed by atoms with Crippen molar-refractivity contribution in [3.63, 3.8) is 0 Å². The molecule has 0 atom stereocenters. The Morgan fingerprint density at radius 3 is 2.60 bits per heavy atom. The number of rotatable bonds is 7. The minimum absolute atomic E-state index is 0.0941. The number of likely N-dealkylation sites (tertiary alicyclic amines) is 1. The van der Waals surface area contributed by atoms with Gasteiger partial charge in [-0.15, -0.1) is 0 Å². The smallest absolute Gasteiger partial charge is 0.220 e. The molecule has 1 saturated heterocycles. The van der Waals surface area contributed by atoms with Crippen LogP contribution in [0.2, 0.25) is 0 Å². The van der Waals surface area contributed by atoms with Crippen molar-refractivity contribution in [2.45, 2.75) is 45.2 Å². The van der Waals surface area contributed by atoms with Crippen LogP contribution in [0.3, 0.4) is 0 Å². The molecule has 0 spiro atoms. The number of nitrogens with zero attached hydrogens (tertiary/aromatic N) is 2. The number of carbonyl (C=O) groups is 1. The van der Waals surface area contributed by atoms with Crippen LogP contribution in [0, 0.1) is 0 Å². The first kappa shape index (κ1) is 17.6. The Labute approximate surface area is 150 Å². The van der Waals surface area contributed by atoms with Gasteiger partial charge in [0.1, 0.15) is 0 Å². The molecule has 1 fully saturated rings. The monoisotopic (exact) mass is 337 g/mol. The molecular weight excluding hydrogens is 310 g/mol. The van der Waals surface area contributed by atoms with Crippen LogP contribution in [0.15, 0.2) is 48.8 Å². The van der Waals surface area contributed by atoms with Gasteiger partial charge in [-0.25, -0.2) is 0 Å². The fourth-order valence-electron chi connectivity index (χ4n) is 3.33. The average molecular weight is 337 g/mol. The van der Waals surface area contributed by atoms with Crippen molar-refractivity contribution in [3.8, 4) is 0 Å². The molecule has 2 heterocycles. The van der Waals surface area contributed by atoms with Crippen LogP contribution in [-0.2, 0) is 24.3 Å². The zero-order valence-corrected chi connectivity index (χ0v) is 14.8. The predicted octanol–water partition coefficient (Wildman–Crippen LogP) is 3.32. The van der Waals surface area contributed by atoms with E-state index in [1.54, 1.807) is 6.20 Å². The topological polar surface area (TPSA) is 45.2 Å². The lowest BCUT2D eigenvalue weighted by Gasteiger charge is -2.27. The van der Waals surface area contributed by atoms with Gasteiger partial charge in [0.05, 0.1) is 0 Å². The van der Waals surface area contributed by atoms with Gasteiger partial charge in [-0.2, -0.15) is 0 Å². The van der Waals surface area contributed by atoms with E-state index >= 15 is 0 Å². The lowest BCUT2D eigenvalue weighted by molar-refractivity contribution is -0.121. The molecule has 1 amide bonds. The molecule has 1 aromatic heterocycles. The maximum absolute atomic E-state index is 12.1. The molecule has 0 aliphatic carbocycles. The number of piperidine rings is 1. The largest absolute Gasteiger partial charge is 0.352 e. The Balaban J connectivity index is 1.49. The van der Waals surface area contributed by atoms with E-state index in [4.69, 9.17) is 0 Å². The standard InChI is InChI=1S/C21H27N3O/c25-21(11-10-18-7-6-12-22-15-18)23-16-19-8-2-3-9-20(19)17-24-13-4-1-5-14-24/h2-3,6-9,12,15H,1,4-5,10-11,13-14,16-17H2,(H,23,25). The van der Waals surface area contributed by atoms with E-state index in [2.05, 4.69) is 39.5 Å². The maximum atomic E-state index is 12.1. The molecule has 0 bridgehead atoms. The Morgan fingerprint density at radius 2 is 1.84 bits per heavy atom. The van der Waals surface area contributed by atoms with Gasteiger partial charge in [-0.1, -0.05) is 36.8 Å². The van der Waals surface area contributed by atoms with E-state index < -0.39 is 0 Å². The van der Waals surface area contributed by atoms with Gasteiger partial charge in [0.15, 0.2) is 0 Å². The van der Waals surface area contributed by atoms with Gasteiger partial charge < -0.3 is 5.32 Å². The maximum Gasteiger partial charge on any atom is 0.220 e. The second-order valence-electron chi connectivity index (χ2n) is 6.74. The summed E-state index contributed by atoms with van der Waals surface area (Å²) < 4.78 is 0. The highest BCUT2D eigenvalue weighted by Crippen LogP contribution is 2.16. The highest BCUT2D eigenvalue weighted by atomic mass is 16.1. The van der Waals surface area contributed by atoms with Crippen LogP contribution >= 0.6 is 0 Å². The summed E-state index contributed by atoms with van der Waals surface area (Å²) in [6, 6.07) is 12.4. The number of aromatic nitrogens is 1. The zero-order chi connectivity index (χ0) is 17.3. The van der Waals surface area contributed by atoms with E-state index in [1.807, 2.05) is 18.3 Å². The van der Waals surface area contributed by atoms with Gasteiger partial charge in [-0.3, -0.25) is 14.7 Å². The molecule has 4 heteroatoms. The summed E-state index contributed by atoms with van der Waals surface area (Å²) in [6.45, 7) is 3.97. The summed E-state index contributed by atoms with van der Waals surface area (Å²) in [5, 5.41) is 3.07. The summed E-state index contributed by atoms with van der Waals surface area (Å²) in [5.74, 6) is 0.0941. The SMILES string of the molecule is O=C(CCc1cccnc1)NCc1ccccc1CN1CCCCC1. The summed E-state index contributed by atoms with van der Waals surface area (Å²) in [7, 11) is 0.